The highest BCUT2D eigenvalue weighted by Gasteiger charge is 2.11. The van der Waals surface area contributed by atoms with Crippen LogP contribution in [0.3, 0.4) is 0 Å². The van der Waals surface area contributed by atoms with Crippen LogP contribution in [0.1, 0.15) is 22.0 Å². The molecule has 0 saturated carbocycles. The van der Waals surface area contributed by atoms with E-state index in [9.17, 15) is 9.59 Å². The number of nitrogen functional groups attached to an aromatic ring is 1. The van der Waals surface area contributed by atoms with Crippen LogP contribution >= 0.6 is 0 Å². The summed E-state index contributed by atoms with van der Waals surface area (Å²) in [6.07, 6.45) is 0. The van der Waals surface area contributed by atoms with Crippen molar-refractivity contribution in [2.24, 2.45) is 0 Å². The number of hydrogen-bond donors (Lipinski definition) is 3. The zero-order valence-electron chi connectivity index (χ0n) is 10.8. The van der Waals surface area contributed by atoms with E-state index >= 15 is 0 Å². The lowest BCUT2D eigenvalue weighted by Gasteiger charge is -2.05. The van der Waals surface area contributed by atoms with Gasteiger partial charge in [-0.05, 0) is 19.1 Å². The molecular weight excluding hydrogens is 264 g/mol. The molecule has 8 heteroatoms. The maximum absolute atomic E-state index is 11.7. The number of anilines is 1. The third kappa shape index (κ3) is 3.16. The van der Waals surface area contributed by atoms with Gasteiger partial charge >= 0.3 is 5.97 Å². The number of carbonyl (C=O) groups is 2. The first-order valence-electron chi connectivity index (χ1n) is 5.84. The molecule has 2 aromatic heterocycles. The third-order valence-corrected chi connectivity index (χ3v) is 2.56. The zero-order valence-corrected chi connectivity index (χ0v) is 10.8. The van der Waals surface area contributed by atoms with E-state index < -0.39 is 5.97 Å². The van der Waals surface area contributed by atoms with Gasteiger partial charge in [-0.1, -0.05) is 0 Å². The fourth-order valence-corrected chi connectivity index (χ4v) is 1.66. The summed E-state index contributed by atoms with van der Waals surface area (Å²) in [4.78, 5) is 22.3. The fourth-order valence-electron chi connectivity index (χ4n) is 1.66. The van der Waals surface area contributed by atoms with E-state index in [1.165, 1.54) is 16.8 Å². The number of carboxylic acids is 1. The third-order valence-electron chi connectivity index (χ3n) is 2.56. The maximum atomic E-state index is 11.7. The van der Waals surface area contributed by atoms with Gasteiger partial charge in [-0.15, -0.1) is 0 Å². The summed E-state index contributed by atoms with van der Waals surface area (Å²) >= 11 is 0. The molecule has 0 aromatic carbocycles. The number of hydrogen-bond acceptors (Lipinski definition) is 5. The fraction of sp³-hybridized carbons (Fsp3) is 0.250. The number of carbonyl (C=O) groups excluding carboxylic acids is 1. The van der Waals surface area contributed by atoms with Crippen LogP contribution in [0.2, 0.25) is 0 Å². The Morgan fingerprint density at radius 1 is 1.50 bits per heavy atom. The lowest BCUT2D eigenvalue weighted by Crippen LogP contribution is -2.27. The molecule has 0 spiro atoms. The van der Waals surface area contributed by atoms with Gasteiger partial charge in [0.05, 0.1) is 12.2 Å². The van der Waals surface area contributed by atoms with Crippen LogP contribution in [-0.4, -0.2) is 26.8 Å². The first-order valence-corrected chi connectivity index (χ1v) is 5.84. The Labute approximate surface area is 114 Å². The van der Waals surface area contributed by atoms with Crippen LogP contribution in [0.15, 0.2) is 22.6 Å². The Morgan fingerprint density at radius 2 is 2.25 bits per heavy atom. The molecule has 2 heterocycles. The minimum atomic E-state index is -1.15. The molecule has 0 aliphatic heterocycles. The number of amides is 1. The molecule has 20 heavy (non-hydrogen) atoms. The highest BCUT2D eigenvalue weighted by atomic mass is 16.4. The summed E-state index contributed by atoms with van der Waals surface area (Å²) in [5, 5.41) is 15.4. The second-order valence-corrected chi connectivity index (χ2v) is 4.22. The lowest BCUT2D eigenvalue weighted by molar-refractivity contribution is -0.122. The topological polar surface area (TPSA) is 123 Å². The van der Waals surface area contributed by atoms with E-state index in [1.54, 1.807) is 13.0 Å². The number of aromatic carboxylic acids is 1. The molecule has 0 unspecified atom stereocenters. The van der Waals surface area contributed by atoms with Crippen LogP contribution in [0, 0.1) is 6.92 Å². The summed E-state index contributed by atoms with van der Waals surface area (Å²) in [6, 6.07) is 4.49. The average Bonchev–Trinajstić information content (AvgIpc) is 2.94. The predicted octanol–water partition coefficient (Wildman–Crippen LogP) is 0.381. The Kier molecular flexibility index (Phi) is 3.74. The van der Waals surface area contributed by atoms with E-state index in [0.717, 1.165) is 5.69 Å². The van der Waals surface area contributed by atoms with E-state index in [2.05, 4.69) is 10.4 Å². The monoisotopic (exact) mass is 278 g/mol. The first kappa shape index (κ1) is 13.7. The van der Waals surface area contributed by atoms with E-state index in [0.29, 0.717) is 11.6 Å². The SMILES string of the molecule is Cc1cc(N)n(CC(=O)NCc2ccc(C(=O)O)o2)n1. The number of nitrogens with zero attached hydrogens (tertiary/aromatic N) is 2. The van der Waals surface area contributed by atoms with Gasteiger partial charge in [-0.2, -0.15) is 5.10 Å². The number of nitrogens with one attached hydrogen (secondary N) is 1. The summed E-state index contributed by atoms with van der Waals surface area (Å²) in [6.45, 7) is 1.87. The Balaban J connectivity index is 1.88. The Morgan fingerprint density at radius 3 is 2.80 bits per heavy atom. The summed E-state index contributed by atoms with van der Waals surface area (Å²) in [5.74, 6) is -0.846. The standard InChI is InChI=1S/C12H14N4O4/c1-7-4-10(13)16(15-7)6-11(17)14-5-8-2-3-9(20-8)12(18)19/h2-4H,5-6,13H2,1H3,(H,14,17)(H,18,19). The number of carboxylic acid groups (broad SMARTS) is 1. The van der Waals surface area contributed by atoms with Crippen molar-refractivity contribution in [2.45, 2.75) is 20.0 Å². The molecule has 0 aliphatic rings. The van der Waals surface area contributed by atoms with Crippen molar-refractivity contribution in [3.63, 3.8) is 0 Å². The van der Waals surface area contributed by atoms with Gasteiger partial charge in [0.15, 0.2) is 0 Å². The van der Waals surface area contributed by atoms with Crippen molar-refractivity contribution in [3.05, 3.63) is 35.4 Å². The maximum Gasteiger partial charge on any atom is 0.371 e. The minimum absolute atomic E-state index is 0.00777. The van der Waals surface area contributed by atoms with Crippen molar-refractivity contribution in [1.82, 2.24) is 15.1 Å². The molecule has 0 aliphatic carbocycles. The molecule has 2 aromatic rings. The number of furan rings is 1. The van der Waals surface area contributed by atoms with Gasteiger partial charge in [0.1, 0.15) is 18.1 Å². The summed E-state index contributed by atoms with van der Waals surface area (Å²) in [7, 11) is 0. The summed E-state index contributed by atoms with van der Waals surface area (Å²) < 4.78 is 6.40. The molecule has 106 valence electrons. The van der Waals surface area contributed by atoms with Crippen molar-refractivity contribution < 1.29 is 19.1 Å². The first-order chi connectivity index (χ1) is 9.45. The molecule has 4 N–H and O–H groups in total. The molecule has 0 fully saturated rings. The Bertz CT molecular complexity index is 644. The van der Waals surface area contributed by atoms with Crippen molar-refractivity contribution in [1.29, 1.82) is 0 Å². The van der Waals surface area contributed by atoms with Crippen LogP contribution in [-0.2, 0) is 17.9 Å². The molecule has 0 atom stereocenters. The van der Waals surface area contributed by atoms with E-state index in [4.69, 9.17) is 15.3 Å². The zero-order chi connectivity index (χ0) is 14.7. The number of nitrogens with two attached hydrogens (primary N) is 1. The van der Waals surface area contributed by atoms with Crippen LogP contribution in [0.4, 0.5) is 5.82 Å². The molecule has 0 saturated heterocycles. The summed E-state index contributed by atoms with van der Waals surface area (Å²) in [5.41, 5.74) is 6.40. The van der Waals surface area contributed by atoms with Gasteiger partial charge in [0.25, 0.3) is 0 Å². The second-order valence-electron chi connectivity index (χ2n) is 4.22. The van der Waals surface area contributed by atoms with Gasteiger partial charge in [0.2, 0.25) is 11.7 Å². The highest BCUT2D eigenvalue weighted by molar-refractivity contribution is 5.84. The van der Waals surface area contributed by atoms with Gasteiger partial charge in [-0.25, -0.2) is 9.48 Å². The van der Waals surface area contributed by atoms with Gasteiger partial charge < -0.3 is 20.6 Å². The molecular formula is C12H14N4O4. The lowest BCUT2D eigenvalue weighted by atomic mass is 10.4. The van der Waals surface area contributed by atoms with Crippen LogP contribution in [0.25, 0.3) is 0 Å². The van der Waals surface area contributed by atoms with Crippen molar-refractivity contribution in [3.8, 4) is 0 Å². The van der Waals surface area contributed by atoms with E-state index in [1.807, 2.05) is 0 Å². The van der Waals surface area contributed by atoms with Gasteiger partial charge in [-0.3, -0.25) is 4.79 Å². The van der Waals surface area contributed by atoms with Crippen LogP contribution < -0.4 is 11.1 Å². The quantitative estimate of drug-likeness (QED) is 0.726. The molecule has 0 radical (unpaired) electrons. The second kappa shape index (κ2) is 5.47. The largest absolute Gasteiger partial charge is 0.475 e. The van der Waals surface area contributed by atoms with E-state index in [-0.39, 0.29) is 24.8 Å². The predicted molar refractivity (Wildman–Crippen MR) is 68.9 cm³/mol. The average molecular weight is 278 g/mol. The minimum Gasteiger partial charge on any atom is -0.475 e. The Hall–Kier alpha value is -2.77. The normalized spacial score (nSPS) is 10.4. The van der Waals surface area contributed by atoms with Gasteiger partial charge in [0, 0.05) is 6.07 Å². The van der Waals surface area contributed by atoms with Crippen LogP contribution in [0.5, 0.6) is 0 Å². The number of rotatable bonds is 5. The van der Waals surface area contributed by atoms with Crippen molar-refractivity contribution in [2.75, 3.05) is 5.73 Å². The molecule has 0 bridgehead atoms. The number of aryl methyl sites for hydroxylation is 1. The van der Waals surface area contributed by atoms with Crippen molar-refractivity contribution >= 4 is 17.7 Å². The smallest absolute Gasteiger partial charge is 0.371 e. The molecule has 1 amide bonds. The molecule has 8 nitrogen and oxygen atoms in total. The highest BCUT2D eigenvalue weighted by Crippen LogP contribution is 2.08. The number of aromatic nitrogens is 2. The molecule has 2 rings (SSSR count).